The molecule has 0 spiro atoms. The molecular weight excluding hydrogens is 625 g/mol. The number of ether oxygens (including phenoxy) is 2. The lowest BCUT2D eigenvalue weighted by Gasteiger charge is -2.22. The molecule has 1 aliphatic carbocycles. The first-order chi connectivity index (χ1) is 19.9. The highest BCUT2D eigenvalue weighted by Gasteiger charge is 2.23. The monoisotopic (exact) mass is 653 g/mol. The molecule has 0 N–H and O–H groups in total. The first-order valence-corrected chi connectivity index (χ1v) is 15.1. The van der Waals surface area contributed by atoms with Crippen LogP contribution in [0.2, 0.25) is 10.0 Å². The van der Waals surface area contributed by atoms with Crippen LogP contribution in [0.1, 0.15) is 60.5 Å². The lowest BCUT2D eigenvalue weighted by molar-refractivity contribution is 0.282. The van der Waals surface area contributed by atoms with Crippen molar-refractivity contribution in [3.63, 3.8) is 0 Å². The van der Waals surface area contributed by atoms with Gasteiger partial charge in [0, 0.05) is 31.6 Å². The molecule has 9 heteroatoms. The maximum Gasteiger partial charge on any atom is 0.282 e. The van der Waals surface area contributed by atoms with Crippen molar-refractivity contribution in [1.82, 2.24) is 9.66 Å². The highest BCUT2D eigenvalue weighted by molar-refractivity contribution is 9.10. The molecule has 1 saturated carbocycles. The minimum atomic E-state index is -0.189. The van der Waals surface area contributed by atoms with Gasteiger partial charge >= 0.3 is 0 Å². The Bertz CT molecular complexity index is 1680. The zero-order chi connectivity index (χ0) is 28.9. The SMILES string of the molecule is C=CCc1cc(C=Nn2c(C3CCCCC3)nc3ccc(Br)cc3c2=O)cc(OC)c1OCc1ccc(Cl)cc1Cl. The molecule has 41 heavy (non-hydrogen) atoms. The van der Waals surface area contributed by atoms with Gasteiger partial charge in [0.2, 0.25) is 0 Å². The number of halogens is 3. The molecule has 0 atom stereocenters. The van der Waals surface area contributed by atoms with Gasteiger partial charge < -0.3 is 9.47 Å². The first-order valence-electron chi connectivity index (χ1n) is 13.5. The Balaban J connectivity index is 1.53. The zero-order valence-corrected chi connectivity index (χ0v) is 25.8. The summed E-state index contributed by atoms with van der Waals surface area (Å²) in [5.74, 6) is 2.02. The van der Waals surface area contributed by atoms with Gasteiger partial charge in [-0.3, -0.25) is 4.79 Å². The van der Waals surface area contributed by atoms with E-state index in [9.17, 15) is 4.79 Å². The van der Waals surface area contributed by atoms with E-state index in [0.29, 0.717) is 44.7 Å². The average molecular weight is 655 g/mol. The van der Waals surface area contributed by atoms with E-state index in [-0.39, 0.29) is 18.1 Å². The van der Waals surface area contributed by atoms with E-state index >= 15 is 0 Å². The average Bonchev–Trinajstić information content (AvgIpc) is 2.97. The molecule has 4 aromatic rings. The predicted octanol–water partition coefficient (Wildman–Crippen LogP) is 8.71. The van der Waals surface area contributed by atoms with Crippen molar-refractivity contribution in [2.24, 2.45) is 5.10 Å². The zero-order valence-electron chi connectivity index (χ0n) is 22.7. The minimum Gasteiger partial charge on any atom is -0.493 e. The predicted molar refractivity (Wildman–Crippen MR) is 170 cm³/mol. The van der Waals surface area contributed by atoms with Crippen molar-refractivity contribution in [1.29, 1.82) is 0 Å². The Kier molecular flexibility index (Phi) is 9.48. The van der Waals surface area contributed by atoms with Gasteiger partial charge in [-0.2, -0.15) is 9.78 Å². The van der Waals surface area contributed by atoms with Gasteiger partial charge in [0.25, 0.3) is 5.56 Å². The summed E-state index contributed by atoms with van der Waals surface area (Å²) in [6, 6.07) is 14.7. The Morgan fingerprint density at radius 2 is 1.90 bits per heavy atom. The van der Waals surface area contributed by atoms with Crippen LogP contribution in [0.25, 0.3) is 10.9 Å². The molecule has 0 amide bonds. The molecule has 0 saturated heterocycles. The second-order valence-corrected chi connectivity index (χ2v) is 11.8. The van der Waals surface area contributed by atoms with Gasteiger partial charge in [0.05, 0.1) is 24.2 Å². The normalized spacial score (nSPS) is 14.0. The van der Waals surface area contributed by atoms with Crippen molar-refractivity contribution in [3.05, 3.63) is 109 Å². The molecule has 1 aliphatic rings. The number of benzene rings is 3. The lowest BCUT2D eigenvalue weighted by atomic mass is 9.88. The van der Waals surface area contributed by atoms with E-state index in [4.69, 9.17) is 42.8 Å². The van der Waals surface area contributed by atoms with Gasteiger partial charge in [-0.1, -0.05) is 70.5 Å². The van der Waals surface area contributed by atoms with E-state index in [1.54, 1.807) is 37.6 Å². The van der Waals surface area contributed by atoms with Crippen molar-refractivity contribution < 1.29 is 9.47 Å². The number of rotatable bonds is 9. The summed E-state index contributed by atoms with van der Waals surface area (Å²) in [7, 11) is 1.59. The standard InChI is InChI=1S/C32H30BrCl2N3O3/c1-3-7-22-14-20(15-29(40-2)30(22)41-19-23-10-12-25(34)17-27(23)35)18-36-38-31(21-8-5-4-6-9-21)37-28-13-11-24(33)16-26(28)32(38)39/h3,10-18,21H,1,4-9,19H2,2H3. The summed E-state index contributed by atoms with van der Waals surface area (Å²) >= 11 is 15.9. The van der Waals surface area contributed by atoms with E-state index in [2.05, 4.69) is 22.5 Å². The maximum atomic E-state index is 13.7. The van der Waals surface area contributed by atoms with E-state index in [1.807, 2.05) is 30.3 Å². The molecule has 0 unspecified atom stereocenters. The first kappa shape index (κ1) is 29.4. The van der Waals surface area contributed by atoms with Crippen LogP contribution < -0.4 is 15.0 Å². The Hall–Kier alpha value is -3.13. The molecule has 0 aliphatic heterocycles. The summed E-state index contributed by atoms with van der Waals surface area (Å²) in [6.07, 6.45) is 9.44. The van der Waals surface area contributed by atoms with Crippen LogP contribution in [0.5, 0.6) is 11.5 Å². The van der Waals surface area contributed by atoms with Crippen molar-refractivity contribution in [2.75, 3.05) is 7.11 Å². The number of nitrogens with zero attached hydrogens (tertiary/aromatic N) is 3. The van der Waals surface area contributed by atoms with Gasteiger partial charge in [0.1, 0.15) is 12.4 Å². The number of aromatic nitrogens is 2. The van der Waals surface area contributed by atoms with Crippen molar-refractivity contribution >= 4 is 56.2 Å². The summed E-state index contributed by atoms with van der Waals surface area (Å²) in [6.45, 7) is 4.14. The Morgan fingerprint density at radius 3 is 2.63 bits per heavy atom. The fraction of sp³-hybridized carbons (Fsp3) is 0.281. The quantitative estimate of drug-likeness (QED) is 0.134. The van der Waals surface area contributed by atoms with Crippen molar-refractivity contribution in [2.45, 2.75) is 51.0 Å². The summed E-state index contributed by atoms with van der Waals surface area (Å²) < 4.78 is 14.2. The number of fused-ring (bicyclic) bond motifs is 1. The topological polar surface area (TPSA) is 65.7 Å². The summed E-state index contributed by atoms with van der Waals surface area (Å²) in [5.41, 5.74) is 2.92. The van der Waals surface area contributed by atoms with Crippen LogP contribution in [0.15, 0.2) is 75.6 Å². The highest BCUT2D eigenvalue weighted by Crippen LogP contribution is 2.35. The number of methoxy groups -OCH3 is 1. The third-order valence-corrected chi connectivity index (χ3v) is 8.33. The summed E-state index contributed by atoms with van der Waals surface area (Å²) in [4.78, 5) is 18.6. The van der Waals surface area contributed by atoms with Crippen LogP contribution in [-0.4, -0.2) is 23.0 Å². The molecule has 0 radical (unpaired) electrons. The summed E-state index contributed by atoms with van der Waals surface area (Å²) in [5, 5.41) is 6.31. The number of hydrogen-bond donors (Lipinski definition) is 0. The van der Waals surface area contributed by atoms with Crippen molar-refractivity contribution in [3.8, 4) is 11.5 Å². The lowest BCUT2D eigenvalue weighted by Crippen LogP contribution is -2.25. The van der Waals surface area contributed by atoms with E-state index in [0.717, 1.165) is 46.8 Å². The van der Waals surface area contributed by atoms with E-state index in [1.165, 1.54) is 11.1 Å². The molecule has 1 fully saturated rings. The number of allylic oxidation sites excluding steroid dienone is 1. The highest BCUT2D eigenvalue weighted by atomic mass is 79.9. The molecule has 1 aromatic heterocycles. The molecule has 5 rings (SSSR count). The van der Waals surface area contributed by atoms with Crippen LogP contribution in [0, 0.1) is 0 Å². The van der Waals surface area contributed by atoms with Gasteiger partial charge in [-0.15, -0.1) is 6.58 Å². The van der Waals surface area contributed by atoms with Crippen LogP contribution in [-0.2, 0) is 13.0 Å². The minimum absolute atomic E-state index is 0.183. The number of hydrogen-bond acceptors (Lipinski definition) is 5. The fourth-order valence-electron chi connectivity index (χ4n) is 5.20. The molecule has 1 heterocycles. The van der Waals surface area contributed by atoms with Crippen LogP contribution in [0.4, 0.5) is 0 Å². The second kappa shape index (κ2) is 13.2. The Labute approximate surface area is 257 Å². The van der Waals surface area contributed by atoms with Crippen LogP contribution >= 0.6 is 39.1 Å². The molecule has 212 valence electrons. The van der Waals surface area contributed by atoms with Crippen LogP contribution in [0.3, 0.4) is 0 Å². The van der Waals surface area contributed by atoms with Gasteiger partial charge in [0.15, 0.2) is 11.5 Å². The van der Waals surface area contributed by atoms with Gasteiger partial charge in [-0.25, -0.2) is 4.98 Å². The third kappa shape index (κ3) is 6.69. The molecule has 0 bridgehead atoms. The fourth-order valence-corrected chi connectivity index (χ4v) is 6.02. The largest absolute Gasteiger partial charge is 0.493 e. The molecule has 3 aromatic carbocycles. The third-order valence-electron chi connectivity index (χ3n) is 7.25. The molecule has 6 nitrogen and oxygen atoms in total. The Morgan fingerprint density at radius 1 is 1.10 bits per heavy atom. The van der Waals surface area contributed by atoms with Gasteiger partial charge in [-0.05, 0) is 67.3 Å². The van der Waals surface area contributed by atoms with E-state index < -0.39 is 0 Å². The molecular formula is C32H30BrCl2N3O3. The maximum absolute atomic E-state index is 13.7. The smallest absolute Gasteiger partial charge is 0.282 e. The second-order valence-electron chi connectivity index (χ2n) is 10.1.